The predicted molar refractivity (Wildman–Crippen MR) is 78.3 cm³/mol. The van der Waals surface area contributed by atoms with Crippen LogP contribution in [0.3, 0.4) is 0 Å². The first-order valence-corrected chi connectivity index (χ1v) is 6.83. The van der Waals surface area contributed by atoms with Gasteiger partial charge in [-0.05, 0) is 36.1 Å². The number of nitrogens with one attached hydrogen (secondary N) is 1. The van der Waals surface area contributed by atoms with Crippen LogP contribution < -0.4 is 10.1 Å². The van der Waals surface area contributed by atoms with E-state index >= 15 is 0 Å². The van der Waals surface area contributed by atoms with Crippen LogP contribution in [0.1, 0.15) is 39.7 Å². The Bertz CT molecular complexity index is 429. The second-order valence-electron chi connectivity index (χ2n) is 5.72. The van der Waals surface area contributed by atoms with Gasteiger partial charge < -0.3 is 4.74 Å². The summed E-state index contributed by atoms with van der Waals surface area (Å²) in [6.07, 6.45) is 1.01. The van der Waals surface area contributed by atoms with Crippen LogP contribution in [0.4, 0.5) is 0 Å². The SMILES string of the molecule is CCCNC(C#N)COc1cccc(C(C)(C)C)c1. The summed E-state index contributed by atoms with van der Waals surface area (Å²) < 4.78 is 5.71. The van der Waals surface area contributed by atoms with Gasteiger partial charge in [0.25, 0.3) is 0 Å². The second-order valence-corrected chi connectivity index (χ2v) is 5.72. The van der Waals surface area contributed by atoms with Crippen LogP contribution in [-0.4, -0.2) is 19.2 Å². The minimum absolute atomic E-state index is 0.106. The maximum Gasteiger partial charge on any atom is 0.130 e. The van der Waals surface area contributed by atoms with E-state index in [-0.39, 0.29) is 11.5 Å². The van der Waals surface area contributed by atoms with Gasteiger partial charge in [-0.3, -0.25) is 5.32 Å². The molecule has 0 saturated heterocycles. The van der Waals surface area contributed by atoms with Gasteiger partial charge in [0.2, 0.25) is 0 Å². The summed E-state index contributed by atoms with van der Waals surface area (Å²) in [4.78, 5) is 0. The van der Waals surface area contributed by atoms with Gasteiger partial charge in [0.05, 0.1) is 6.07 Å². The fourth-order valence-corrected chi connectivity index (χ4v) is 1.69. The van der Waals surface area contributed by atoms with Crippen LogP contribution in [0, 0.1) is 11.3 Å². The van der Waals surface area contributed by atoms with Crippen molar-refractivity contribution in [1.29, 1.82) is 5.26 Å². The van der Waals surface area contributed by atoms with Crippen molar-refractivity contribution in [3.05, 3.63) is 29.8 Å². The van der Waals surface area contributed by atoms with Crippen LogP contribution in [-0.2, 0) is 5.41 Å². The van der Waals surface area contributed by atoms with E-state index in [0.29, 0.717) is 6.61 Å². The van der Waals surface area contributed by atoms with Crippen LogP contribution >= 0.6 is 0 Å². The monoisotopic (exact) mass is 260 g/mol. The molecule has 0 radical (unpaired) electrons. The van der Waals surface area contributed by atoms with E-state index in [1.54, 1.807) is 0 Å². The van der Waals surface area contributed by atoms with Gasteiger partial charge in [0, 0.05) is 0 Å². The highest BCUT2D eigenvalue weighted by molar-refractivity contribution is 5.32. The number of hydrogen-bond donors (Lipinski definition) is 1. The van der Waals surface area contributed by atoms with Crippen LogP contribution in [0.15, 0.2) is 24.3 Å². The van der Waals surface area contributed by atoms with E-state index in [0.717, 1.165) is 18.7 Å². The predicted octanol–water partition coefficient (Wildman–Crippen LogP) is 3.25. The smallest absolute Gasteiger partial charge is 0.130 e. The van der Waals surface area contributed by atoms with Gasteiger partial charge in [-0.2, -0.15) is 5.26 Å². The summed E-state index contributed by atoms with van der Waals surface area (Å²) >= 11 is 0. The molecule has 1 unspecified atom stereocenters. The first kappa shape index (κ1) is 15.5. The molecular weight excluding hydrogens is 236 g/mol. The highest BCUT2D eigenvalue weighted by Crippen LogP contribution is 2.25. The molecule has 0 aliphatic carbocycles. The molecule has 0 spiro atoms. The van der Waals surface area contributed by atoms with Crippen molar-refractivity contribution < 1.29 is 4.74 Å². The zero-order valence-corrected chi connectivity index (χ0v) is 12.4. The molecule has 1 rings (SSSR count). The lowest BCUT2D eigenvalue weighted by molar-refractivity contribution is 0.288. The van der Waals surface area contributed by atoms with E-state index in [9.17, 15) is 0 Å². The number of nitriles is 1. The summed E-state index contributed by atoms with van der Waals surface area (Å²) in [5.41, 5.74) is 1.34. The minimum atomic E-state index is -0.252. The molecule has 3 heteroatoms. The van der Waals surface area contributed by atoms with E-state index in [1.165, 1.54) is 5.56 Å². The largest absolute Gasteiger partial charge is 0.491 e. The van der Waals surface area contributed by atoms with Crippen molar-refractivity contribution in [2.24, 2.45) is 0 Å². The third kappa shape index (κ3) is 5.32. The topological polar surface area (TPSA) is 45.0 Å². The second kappa shape index (κ2) is 7.16. The Morgan fingerprint density at radius 3 is 2.68 bits per heavy atom. The van der Waals surface area contributed by atoms with Gasteiger partial charge >= 0.3 is 0 Å². The summed E-state index contributed by atoms with van der Waals surface area (Å²) in [5, 5.41) is 12.2. The lowest BCUT2D eigenvalue weighted by atomic mass is 9.87. The van der Waals surface area contributed by atoms with Gasteiger partial charge in [-0.1, -0.05) is 39.8 Å². The number of benzene rings is 1. The molecule has 0 aromatic heterocycles. The average molecular weight is 260 g/mol. The zero-order chi connectivity index (χ0) is 14.3. The average Bonchev–Trinajstić information content (AvgIpc) is 2.38. The van der Waals surface area contributed by atoms with Crippen molar-refractivity contribution >= 4 is 0 Å². The molecule has 1 atom stereocenters. The first-order valence-electron chi connectivity index (χ1n) is 6.83. The zero-order valence-electron chi connectivity index (χ0n) is 12.4. The Kier molecular flexibility index (Phi) is 5.85. The molecule has 0 saturated carbocycles. The summed E-state index contributed by atoms with van der Waals surface area (Å²) in [5.74, 6) is 0.825. The Hall–Kier alpha value is -1.53. The fourth-order valence-electron chi connectivity index (χ4n) is 1.69. The third-order valence-electron chi connectivity index (χ3n) is 2.91. The van der Waals surface area contributed by atoms with Crippen molar-refractivity contribution in [1.82, 2.24) is 5.32 Å². The van der Waals surface area contributed by atoms with Crippen molar-refractivity contribution in [3.63, 3.8) is 0 Å². The fraction of sp³-hybridized carbons (Fsp3) is 0.562. The molecule has 3 nitrogen and oxygen atoms in total. The van der Waals surface area contributed by atoms with Crippen LogP contribution in [0.25, 0.3) is 0 Å². The maximum absolute atomic E-state index is 9.02. The van der Waals surface area contributed by atoms with E-state index in [2.05, 4.69) is 45.1 Å². The van der Waals surface area contributed by atoms with Gasteiger partial charge in [-0.25, -0.2) is 0 Å². The Morgan fingerprint density at radius 2 is 2.11 bits per heavy atom. The molecule has 0 heterocycles. The van der Waals surface area contributed by atoms with Crippen molar-refractivity contribution in [3.8, 4) is 11.8 Å². The van der Waals surface area contributed by atoms with Crippen molar-refractivity contribution in [2.75, 3.05) is 13.2 Å². The molecule has 0 fully saturated rings. The minimum Gasteiger partial charge on any atom is -0.491 e. The Morgan fingerprint density at radius 1 is 1.37 bits per heavy atom. The molecule has 0 bridgehead atoms. The molecule has 104 valence electrons. The van der Waals surface area contributed by atoms with E-state index in [1.807, 2.05) is 18.2 Å². The van der Waals surface area contributed by atoms with Gasteiger partial charge in [0.15, 0.2) is 0 Å². The standard InChI is InChI=1S/C16H24N2O/c1-5-9-18-14(11-17)12-19-15-8-6-7-13(10-15)16(2,3)4/h6-8,10,14,18H,5,9,12H2,1-4H3. The molecule has 1 N–H and O–H groups in total. The quantitative estimate of drug-likeness (QED) is 0.854. The Balaban J connectivity index is 2.60. The third-order valence-corrected chi connectivity index (χ3v) is 2.91. The van der Waals surface area contributed by atoms with Crippen LogP contribution in [0.2, 0.25) is 0 Å². The van der Waals surface area contributed by atoms with E-state index < -0.39 is 0 Å². The highest BCUT2D eigenvalue weighted by atomic mass is 16.5. The lowest BCUT2D eigenvalue weighted by Gasteiger charge is -2.20. The highest BCUT2D eigenvalue weighted by Gasteiger charge is 2.14. The molecular formula is C16H24N2O. The molecule has 0 amide bonds. The first-order chi connectivity index (χ1) is 8.97. The normalized spacial score (nSPS) is 12.8. The lowest BCUT2D eigenvalue weighted by Crippen LogP contribution is -2.33. The molecule has 19 heavy (non-hydrogen) atoms. The van der Waals surface area contributed by atoms with Crippen molar-refractivity contribution in [2.45, 2.75) is 45.6 Å². The van der Waals surface area contributed by atoms with Crippen LogP contribution in [0.5, 0.6) is 5.75 Å². The molecule has 1 aromatic carbocycles. The molecule has 0 aliphatic rings. The van der Waals surface area contributed by atoms with Gasteiger partial charge in [0.1, 0.15) is 18.4 Å². The number of ether oxygens (including phenoxy) is 1. The molecule has 0 aliphatic heterocycles. The summed E-state index contributed by atoms with van der Waals surface area (Å²) in [6.45, 7) is 9.82. The summed E-state index contributed by atoms with van der Waals surface area (Å²) in [6, 6.07) is 10.0. The Labute approximate surface area is 116 Å². The number of rotatable bonds is 6. The maximum atomic E-state index is 9.02. The summed E-state index contributed by atoms with van der Waals surface area (Å²) in [7, 11) is 0. The van der Waals surface area contributed by atoms with Gasteiger partial charge in [-0.15, -0.1) is 0 Å². The molecule has 1 aromatic rings. The number of nitrogens with zero attached hydrogens (tertiary/aromatic N) is 1. The van der Waals surface area contributed by atoms with E-state index in [4.69, 9.17) is 10.00 Å². The number of hydrogen-bond acceptors (Lipinski definition) is 3.